The van der Waals surface area contributed by atoms with Gasteiger partial charge in [0.25, 0.3) is 0 Å². The molecule has 1 fully saturated rings. The van der Waals surface area contributed by atoms with Crippen LogP contribution in [0.1, 0.15) is 12.8 Å². The van der Waals surface area contributed by atoms with Crippen LogP contribution in [-0.2, 0) is 4.79 Å². The second kappa shape index (κ2) is 4.23. The molecule has 0 saturated carbocycles. The molecule has 0 amide bonds. The third-order valence-electron chi connectivity index (χ3n) is 2.50. The van der Waals surface area contributed by atoms with Crippen LogP contribution >= 0.6 is 22.7 Å². The predicted octanol–water partition coefficient (Wildman–Crippen LogP) is 1.08. The van der Waals surface area contributed by atoms with E-state index in [1.165, 1.54) is 3.98 Å². The first-order valence-electron chi connectivity index (χ1n) is 4.60. The lowest BCUT2D eigenvalue weighted by atomic mass is 9.98. The average Bonchev–Trinajstić information content (AvgIpc) is 2.71. The highest BCUT2D eigenvalue weighted by Crippen LogP contribution is 2.13. The topological polar surface area (TPSA) is 40.3 Å². The van der Waals surface area contributed by atoms with Gasteiger partial charge < -0.3 is 5.11 Å². The normalized spacial score (nSPS) is 22.3. The minimum Gasteiger partial charge on any atom is -0.481 e. The van der Waals surface area contributed by atoms with Gasteiger partial charge in [-0.05, 0) is 0 Å². The van der Waals surface area contributed by atoms with Gasteiger partial charge in [0.1, 0.15) is 13.1 Å². The number of carboxylic acids is 1. The number of rotatable bonds is 1. The molecule has 2 rings (SSSR count). The van der Waals surface area contributed by atoms with Gasteiger partial charge in [0.05, 0.1) is 5.92 Å². The minimum absolute atomic E-state index is 0.129. The Bertz CT molecular complexity index is 367. The van der Waals surface area contributed by atoms with Gasteiger partial charge in [0, 0.05) is 23.6 Å². The Morgan fingerprint density at radius 2 is 1.93 bits per heavy atom. The molecule has 0 aliphatic carbocycles. The number of aliphatic carboxylic acids is 1. The van der Waals surface area contributed by atoms with Gasteiger partial charge in [0.2, 0.25) is 0 Å². The van der Waals surface area contributed by atoms with Crippen LogP contribution in [0.2, 0.25) is 0 Å². The molecule has 2 heterocycles. The van der Waals surface area contributed by atoms with Gasteiger partial charge in [-0.2, -0.15) is 0 Å². The lowest BCUT2D eigenvalue weighted by Crippen LogP contribution is -2.37. The van der Waals surface area contributed by atoms with Gasteiger partial charge in [-0.1, -0.05) is 22.7 Å². The number of hydrogen-bond acceptors (Lipinski definition) is 3. The molecule has 0 bridgehead atoms. The fraction of sp³-hybridized carbons (Fsp3) is 0.556. The maximum absolute atomic E-state index is 10.7. The Kier molecular flexibility index (Phi) is 2.98. The minimum atomic E-state index is -0.639. The summed E-state index contributed by atoms with van der Waals surface area (Å²) < 4.78 is 3.59. The lowest BCUT2D eigenvalue weighted by Gasteiger charge is -2.15. The standard InChI is InChI=1S/C9H11NO2S2/c11-8(12)7-1-3-10(4-2-7)9-13-5-6-14-9/h5-7H,1-4H2/p+1. The van der Waals surface area contributed by atoms with Crippen molar-refractivity contribution in [3.8, 4) is 0 Å². The number of carbonyl (C=O) groups is 1. The second-order valence-corrected chi connectivity index (χ2v) is 5.42. The number of hydrogen-bond donors (Lipinski definition) is 1. The van der Waals surface area contributed by atoms with Gasteiger partial charge in [-0.15, -0.1) is 0 Å². The highest BCUT2D eigenvalue weighted by molar-refractivity contribution is 7.24. The van der Waals surface area contributed by atoms with Crippen LogP contribution in [0.3, 0.4) is 0 Å². The molecule has 1 aliphatic heterocycles. The van der Waals surface area contributed by atoms with E-state index in [1.54, 1.807) is 22.7 Å². The first-order chi connectivity index (χ1) is 6.77. The Balaban J connectivity index is 2.11. The van der Waals surface area contributed by atoms with Crippen molar-refractivity contribution < 1.29 is 9.90 Å². The fourth-order valence-corrected chi connectivity index (χ4v) is 3.55. The molecule has 0 atom stereocenters. The molecule has 1 aromatic heterocycles. The van der Waals surface area contributed by atoms with Gasteiger partial charge in [-0.3, -0.25) is 4.79 Å². The summed E-state index contributed by atoms with van der Waals surface area (Å²) in [4.78, 5) is 10.7. The van der Waals surface area contributed by atoms with Gasteiger partial charge in [0.15, 0.2) is 0 Å². The first-order valence-corrected chi connectivity index (χ1v) is 6.36. The van der Waals surface area contributed by atoms with Crippen LogP contribution in [0.4, 0.5) is 0 Å². The number of piperidine rings is 1. The summed E-state index contributed by atoms with van der Waals surface area (Å²) in [5.41, 5.74) is 0. The Labute approximate surface area is 90.0 Å². The molecule has 1 N–H and O–H groups in total. The molecule has 0 radical (unpaired) electrons. The van der Waals surface area contributed by atoms with E-state index in [0.717, 1.165) is 25.9 Å². The highest BCUT2D eigenvalue weighted by Gasteiger charge is 2.26. The Morgan fingerprint density at radius 3 is 2.43 bits per heavy atom. The summed E-state index contributed by atoms with van der Waals surface area (Å²) in [6, 6.07) is 0. The molecule has 0 aromatic carbocycles. The van der Waals surface area contributed by atoms with Crippen LogP contribution in [0.25, 0.3) is 0 Å². The van der Waals surface area contributed by atoms with Crippen molar-refractivity contribution in [2.24, 2.45) is 5.92 Å². The Hall–Kier alpha value is -0.680. The maximum Gasteiger partial charge on any atom is 0.313 e. The van der Waals surface area contributed by atoms with E-state index in [9.17, 15) is 4.79 Å². The quantitative estimate of drug-likeness (QED) is 0.733. The van der Waals surface area contributed by atoms with E-state index in [4.69, 9.17) is 5.11 Å². The molecule has 0 unspecified atom stereocenters. The van der Waals surface area contributed by atoms with Crippen LogP contribution in [0.5, 0.6) is 0 Å². The number of nitrogens with zero attached hydrogens (tertiary/aromatic N) is 1. The summed E-state index contributed by atoms with van der Waals surface area (Å²) in [6.45, 7) is 1.77. The molecule has 5 heteroatoms. The maximum atomic E-state index is 10.7. The number of carboxylic acid groups (broad SMARTS) is 1. The molecule has 14 heavy (non-hydrogen) atoms. The van der Waals surface area contributed by atoms with Crippen molar-refractivity contribution in [2.45, 2.75) is 12.8 Å². The summed E-state index contributed by atoms with van der Waals surface area (Å²) >= 11 is 3.47. The van der Waals surface area contributed by atoms with E-state index >= 15 is 0 Å². The molecule has 1 aliphatic rings. The van der Waals surface area contributed by atoms with Crippen LogP contribution < -0.4 is 8.56 Å². The average molecular weight is 230 g/mol. The molecule has 76 valence electrons. The van der Waals surface area contributed by atoms with E-state index in [2.05, 4.69) is 15.3 Å². The SMILES string of the molecule is O=C(O)C1CC[N+](=c2sccs2)CC1. The third-order valence-corrected chi connectivity index (χ3v) is 4.71. The molecular formula is C9H12NO2S2+. The smallest absolute Gasteiger partial charge is 0.313 e. The Morgan fingerprint density at radius 1 is 1.36 bits per heavy atom. The molecule has 3 nitrogen and oxygen atoms in total. The van der Waals surface area contributed by atoms with Crippen molar-refractivity contribution in [3.63, 3.8) is 0 Å². The molecular weight excluding hydrogens is 218 g/mol. The largest absolute Gasteiger partial charge is 0.481 e. The van der Waals surface area contributed by atoms with E-state index in [0.29, 0.717) is 0 Å². The summed E-state index contributed by atoms with van der Waals surface area (Å²) in [5.74, 6) is -0.768. The molecule has 1 aromatic rings. The van der Waals surface area contributed by atoms with E-state index in [1.807, 2.05) is 0 Å². The summed E-state index contributed by atoms with van der Waals surface area (Å²) in [5, 5.41) is 13.0. The van der Waals surface area contributed by atoms with Gasteiger partial charge in [-0.25, -0.2) is 4.58 Å². The van der Waals surface area contributed by atoms with Crippen molar-refractivity contribution in [1.29, 1.82) is 0 Å². The van der Waals surface area contributed by atoms with Crippen molar-refractivity contribution in [1.82, 2.24) is 4.58 Å². The van der Waals surface area contributed by atoms with Crippen molar-refractivity contribution in [3.05, 3.63) is 14.7 Å². The summed E-state index contributed by atoms with van der Waals surface area (Å²) in [7, 11) is 0. The van der Waals surface area contributed by atoms with E-state index < -0.39 is 5.97 Å². The second-order valence-electron chi connectivity index (χ2n) is 3.37. The fourth-order valence-electron chi connectivity index (χ4n) is 1.66. The molecule has 0 spiro atoms. The monoisotopic (exact) mass is 230 g/mol. The predicted molar refractivity (Wildman–Crippen MR) is 57.6 cm³/mol. The lowest BCUT2D eigenvalue weighted by molar-refractivity contribution is -0.142. The van der Waals surface area contributed by atoms with Crippen LogP contribution in [0, 0.1) is 5.92 Å². The zero-order valence-electron chi connectivity index (χ0n) is 7.68. The van der Waals surface area contributed by atoms with E-state index in [-0.39, 0.29) is 5.92 Å². The summed E-state index contributed by atoms with van der Waals surface area (Å²) in [6.07, 6.45) is 1.56. The molecule has 1 saturated heterocycles. The van der Waals surface area contributed by atoms with Crippen LogP contribution in [0.15, 0.2) is 10.8 Å². The highest BCUT2D eigenvalue weighted by atomic mass is 32.2. The van der Waals surface area contributed by atoms with Gasteiger partial charge >= 0.3 is 9.95 Å². The first kappa shape index (κ1) is 9.86. The third kappa shape index (κ3) is 2.04. The zero-order valence-corrected chi connectivity index (χ0v) is 9.31. The van der Waals surface area contributed by atoms with Crippen molar-refractivity contribution in [2.75, 3.05) is 13.1 Å². The van der Waals surface area contributed by atoms with Crippen molar-refractivity contribution >= 4 is 28.6 Å². The van der Waals surface area contributed by atoms with Crippen LogP contribution in [-0.4, -0.2) is 24.2 Å². The zero-order chi connectivity index (χ0) is 9.97.